The Labute approximate surface area is 120 Å². The Bertz CT molecular complexity index is 405. The van der Waals surface area contributed by atoms with E-state index in [1.165, 1.54) is 0 Å². The van der Waals surface area contributed by atoms with Crippen LogP contribution in [0.25, 0.3) is 0 Å². The van der Waals surface area contributed by atoms with Gasteiger partial charge in [0.2, 0.25) is 0 Å². The van der Waals surface area contributed by atoms with Crippen LogP contribution in [0.3, 0.4) is 0 Å². The topological polar surface area (TPSA) is 38.8 Å². The fraction of sp³-hybridized carbons (Fsp3) is 0.500. The number of esters is 1. The van der Waals surface area contributed by atoms with Gasteiger partial charge in [-0.05, 0) is 18.6 Å². The molecular formula is C14H20ClNO3. The molecule has 0 aromatic heterocycles. The zero-order chi connectivity index (χ0) is 12.8. The third-order valence-corrected chi connectivity index (χ3v) is 3.11. The summed E-state index contributed by atoms with van der Waals surface area (Å²) < 4.78 is 10.6. The second-order valence-corrected chi connectivity index (χ2v) is 4.40. The molecule has 1 aliphatic heterocycles. The van der Waals surface area contributed by atoms with Gasteiger partial charge in [-0.3, -0.25) is 4.90 Å². The van der Waals surface area contributed by atoms with Crippen LogP contribution >= 0.6 is 12.4 Å². The van der Waals surface area contributed by atoms with Crippen LogP contribution in [0.4, 0.5) is 0 Å². The van der Waals surface area contributed by atoms with E-state index in [0.29, 0.717) is 12.2 Å². The largest absolute Gasteiger partial charge is 0.461 e. The molecule has 0 spiro atoms. The van der Waals surface area contributed by atoms with E-state index in [1.54, 1.807) is 6.07 Å². The quantitative estimate of drug-likeness (QED) is 0.792. The zero-order valence-electron chi connectivity index (χ0n) is 11.1. The van der Waals surface area contributed by atoms with E-state index < -0.39 is 0 Å². The summed E-state index contributed by atoms with van der Waals surface area (Å²) in [7, 11) is 0. The van der Waals surface area contributed by atoms with Crippen molar-refractivity contribution in [2.75, 3.05) is 39.5 Å². The molecule has 0 saturated carbocycles. The van der Waals surface area contributed by atoms with Crippen molar-refractivity contribution < 1.29 is 14.3 Å². The van der Waals surface area contributed by atoms with Gasteiger partial charge in [0.15, 0.2) is 0 Å². The molecule has 4 nitrogen and oxygen atoms in total. The van der Waals surface area contributed by atoms with Gasteiger partial charge in [0.25, 0.3) is 0 Å². The van der Waals surface area contributed by atoms with Gasteiger partial charge in [-0.25, -0.2) is 4.79 Å². The number of hydrogen-bond donors (Lipinski definition) is 0. The van der Waals surface area contributed by atoms with Crippen molar-refractivity contribution in [2.24, 2.45) is 0 Å². The molecule has 19 heavy (non-hydrogen) atoms. The second-order valence-electron chi connectivity index (χ2n) is 4.40. The first kappa shape index (κ1) is 16.0. The van der Waals surface area contributed by atoms with Gasteiger partial charge < -0.3 is 9.47 Å². The summed E-state index contributed by atoms with van der Waals surface area (Å²) in [6, 6.07) is 7.48. The first-order valence-corrected chi connectivity index (χ1v) is 6.30. The lowest BCUT2D eigenvalue weighted by atomic mass is 10.1. The van der Waals surface area contributed by atoms with E-state index in [2.05, 4.69) is 4.90 Å². The summed E-state index contributed by atoms with van der Waals surface area (Å²) in [5, 5.41) is 0. The molecule has 1 saturated heterocycles. The Kier molecular flexibility index (Phi) is 6.84. The van der Waals surface area contributed by atoms with Gasteiger partial charge in [0.05, 0.1) is 18.8 Å². The minimum atomic E-state index is -0.235. The molecule has 106 valence electrons. The minimum Gasteiger partial charge on any atom is -0.461 e. The minimum absolute atomic E-state index is 0. The molecule has 0 N–H and O–H groups in total. The Morgan fingerprint density at radius 1 is 1.32 bits per heavy atom. The number of halogens is 1. The summed E-state index contributed by atoms with van der Waals surface area (Å²) in [6.45, 7) is 6.51. The highest BCUT2D eigenvalue weighted by molar-refractivity contribution is 5.90. The molecule has 5 heteroatoms. The highest BCUT2D eigenvalue weighted by atomic mass is 35.5. The van der Waals surface area contributed by atoms with E-state index in [0.717, 1.165) is 38.4 Å². The van der Waals surface area contributed by atoms with Crippen molar-refractivity contribution in [2.45, 2.75) is 6.92 Å². The number of aryl methyl sites for hydroxylation is 1. The number of carbonyl (C=O) groups excluding carboxylic acids is 1. The summed E-state index contributed by atoms with van der Waals surface area (Å²) in [5.74, 6) is -0.235. The number of benzene rings is 1. The van der Waals surface area contributed by atoms with Gasteiger partial charge >= 0.3 is 5.97 Å². The van der Waals surface area contributed by atoms with E-state index in [-0.39, 0.29) is 18.4 Å². The summed E-state index contributed by atoms with van der Waals surface area (Å²) >= 11 is 0. The molecule has 0 atom stereocenters. The second kappa shape index (κ2) is 8.15. The van der Waals surface area contributed by atoms with Gasteiger partial charge in [0, 0.05) is 19.6 Å². The number of hydrogen-bond acceptors (Lipinski definition) is 4. The lowest BCUT2D eigenvalue weighted by molar-refractivity contribution is 0.0195. The number of ether oxygens (including phenoxy) is 2. The predicted octanol–water partition coefficient (Wildman–Crippen LogP) is 1.91. The fourth-order valence-corrected chi connectivity index (χ4v) is 1.97. The maximum Gasteiger partial charge on any atom is 0.338 e. The monoisotopic (exact) mass is 285 g/mol. The van der Waals surface area contributed by atoms with Crippen molar-refractivity contribution in [3.8, 4) is 0 Å². The molecule has 0 unspecified atom stereocenters. The Balaban J connectivity index is 0.00000180. The maximum atomic E-state index is 11.8. The van der Waals surface area contributed by atoms with Crippen LogP contribution in [0, 0.1) is 6.92 Å². The van der Waals surface area contributed by atoms with E-state index in [1.807, 2.05) is 25.1 Å². The van der Waals surface area contributed by atoms with Crippen LogP contribution in [0.1, 0.15) is 15.9 Å². The molecule has 0 bridgehead atoms. The number of nitrogens with zero attached hydrogens (tertiary/aromatic N) is 1. The van der Waals surface area contributed by atoms with Crippen molar-refractivity contribution in [1.29, 1.82) is 0 Å². The molecular weight excluding hydrogens is 266 g/mol. The lowest BCUT2D eigenvalue weighted by Crippen LogP contribution is -2.38. The third-order valence-electron chi connectivity index (χ3n) is 3.11. The fourth-order valence-electron chi connectivity index (χ4n) is 1.97. The highest BCUT2D eigenvalue weighted by Gasteiger charge is 2.12. The van der Waals surface area contributed by atoms with Gasteiger partial charge in [-0.15, -0.1) is 12.4 Å². The SMILES string of the molecule is Cc1ccccc1C(=O)OCCN1CCOCC1.Cl. The van der Waals surface area contributed by atoms with E-state index >= 15 is 0 Å². The Hall–Kier alpha value is -1.10. The van der Waals surface area contributed by atoms with E-state index in [9.17, 15) is 4.79 Å². The molecule has 1 aliphatic rings. The standard InChI is InChI=1S/C14H19NO3.ClH/c1-12-4-2-3-5-13(12)14(16)18-11-8-15-6-9-17-10-7-15;/h2-5H,6-11H2,1H3;1H. The van der Waals surface area contributed by atoms with Crippen molar-refractivity contribution in [3.63, 3.8) is 0 Å². The normalized spacial score (nSPS) is 15.6. The van der Waals surface area contributed by atoms with Gasteiger partial charge in [-0.2, -0.15) is 0 Å². The number of carbonyl (C=O) groups is 1. The average Bonchev–Trinajstić information content (AvgIpc) is 2.40. The molecule has 1 aromatic rings. The molecule has 1 aromatic carbocycles. The first-order valence-electron chi connectivity index (χ1n) is 6.30. The van der Waals surface area contributed by atoms with Gasteiger partial charge in [0.1, 0.15) is 6.61 Å². The Morgan fingerprint density at radius 3 is 2.68 bits per heavy atom. The summed E-state index contributed by atoms with van der Waals surface area (Å²) in [5.41, 5.74) is 1.60. The average molecular weight is 286 g/mol. The lowest BCUT2D eigenvalue weighted by Gasteiger charge is -2.26. The van der Waals surface area contributed by atoms with Crippen LogP contribution < -0.4 is 0 Å². The molecule has 0 amide bonds. The summed E-state index contributed by atoms with van der Waals surface area (Å²) in [4.78, 5) is 14.1. The first-order chi connectivity index (χ1) is 8.77. The predicted molar refractivity (Wildman–Crippen MR) is 76.0 cm³/mol. The third kappa shape index (κ3) is 4.82. The molecule has 0 radical (unpaired) electrons. The van der Waals surface area contributed by atoms with Crippen LogP contribution in [-0.4, -0.2) is 50.3 Å². The molecule has 2 rings (SSSR count). The zero-order valence-corrected chi connectivity index (χ0v) is 11.9. The van der Waals surface area contributed by atoms with Crippen LogP contribution in [-0.2, 0) is 9.47 Å². The highest BCUT2D eigenvalue weighted by Crippen LogP contribution is 2.08. The van der Waals surface area contributed by atoms with Crippen LogP contribution in [0.2, 0.25) is 0 Å². The maximum absolute atomic E-state index is 11.8. The Morgan fingerprint density at radius 2 is 2.00 bits per heavy atom. The number of rotatable bonds is 4. The summed E-state index contributed by atoms with van der Waals surface area (Å²) in [6.07, 6.45) is 0. The smallest absolute Gasteiger partial charge is 0.338 e. The number of morpholine rings is 1. The van der Waals surface area contributed by atoms with Gasteiger partial charge in [-0.1, -0.05) is 18.2 Å². The van der Waals surface area contributed by atoms with Crippen molar-refractivity contribution in [3.05, 3.63) is 35.4 Å². The van der Waals surface area contributed by atoms with E-state index in [4.69, 9.17) is 9.47 Å². The van der Waals surface area contributed by atoms with Crippen molar-refractivity contribution in [1.82, 2.24) is 4.90 Å². The molecule has 1 heterocycles. The van der Waals surface area contributed by atoms with Crippen LogP contribution in [0.15, 0.2) is 24.3 Å². The molecule has 0 aliphatic carbocycles. The van der Waals surface area contributed by atoms with Crippen LogP contribution in [0.5, 0.6) is 0 Å². The van der Waals surface area contributed by atoms with Crippen molar-refractivity contribution >= 4 is 18.4 Å². The molecule has 1 fully saturated rings.